The molecule has 0 aromatic rings. The van der Waals surface area contributed by atoms with Crippen molar-refractivity contribution in [2.24, 2.45) is 0 Å². The van der Waals surface area contributed by atoms with Crippen LogP contribution in [0.4, 0.5) is 0 Å². The molecule has 11 heavy (non-hydrogen) atoms. The molecule has 0 aromatic carbocycles. The van der Waals surface area contributed by atoms with Crippen LogP contribution in [0.1, 0.15) is 6.92 Å². The van der Waals surface area contributed by atoms with Gasteiger partial charge in [-0.3, -0.25) is 14.5 Å². The van der Waals surface area contributed by atoms with Gasteiger partial charge in [0.1, 0.15) is 5.78 Å². The summed E-state index contributed by atoms with van der Waals surface area (Å²) < 4.78 is 0. The van der Waals surface area contributed by atoms with E-state index >= 15 is 0 Å². The van der Waals surface area contributed by atoms with Gasteiger partial charge in [0.2, 0.25) is 5.91 Å². The SMILES string of the molecule is CC(=O)CN1CCNC(=O)C1. The molecule has 0 spiro atoms. The van der Waals surface area contributed by atoms with Crippen molar-refractivity contribution in [2.45, 2.75) is 6.92 Å². The van der Waals surface area contributed by atoms with Crippen LogP contribution in [0.15, 0.2) is 0 Å². The lowest BCUT2D eigenvalue weighted by molar-refractivity contribution is -0.125. The van der Waals surface area contributed by atoms with Crippen molar-refractivity contribution >= 4 is 11.7 Å². The average molecular weight is 156 g/mol. The number of piperazine rings is 1. The first-order valence-electron chi connectivity index (χ1n) is 3.67. The Hall–Kier alpha value is -0.900. The number of nitrogens with one attached hydrogen (secondary N) is 1. The average Bonchev–Trinajstić information content (AvgIpc) is 1.85. The quantitative estimate of drug-likeness (QED) is 0.558. The van der Waals surface area contributed by atoms with Crippen molar-refractivity contribution in [3.8, 4) is 0 Å². The van der Waals surface area contributed by atoms with Gasteiger partial charge in [0.15, 0.2) is 0 Å². The Labute approximate surface area is 65.6 Å². The second kappa shape index (κ2) is 3.48. The summed E-state index contributed by atoms with van der Waals surface area (Å²) in [6.07, 6.45) is 0. The second-order valence-electron chi connectivity index (χ2n) is 2.76. The second-order valence-corrected chi connectivity index (χ2v) is 2.76. The highest BCUT2D eigenvalue weighted by Crippen LogP contribution is 1.92. The van der Waals surface area contributed by atoms with E-state index in [1.807, 2.05) is 4.90 Å². The number of hydrogen-bond donors (Lipinski definition) is 1. The minimum atomic E-state index is 0.0116. The Morgan fingerprint density at radius 3 is 3.00 bits per heavy atom. The van der Waals surface area contributed by atoms with Gasteiger partial charge in [0.05, 0.1) is 13.1 Å². The van der Waals surface area contributed by atoms with E-state index in [2.05, 4.69) is 5.32 Å². The van der Waals surface area contributed by atoms with Crippen LogP contribution in [0.3, 0.4) is 0 Å². The first-order chi connectivity index (χ1) is 5.18. The predicted octanol–water partition coefficient (Wildman–Crippen LogP) is -0.993. The van der Waals surface area contributed by atoms with Crippen molar-refractivity contribution in [1.82, 2.24) is 10.2 Å². The minimum Gasteiger partial charge on any atom is -0.354 e. The molecular weight excluding hydrogens is 144 g/mol. The highest BCUT2D eigenvalue weighted by atomic mass is 16.2. The van der Waals surface area contributed by atoms with Crippen LogP contribution in [0, 0.1) is 0 Å². The maximum Gasteiger partial charge on any atom is 0.234 e. The fourth-order valence-electron chi connectivity index (χ4n) is 1.14. The molecule has 1 aliphatic rings. The number of rotatable bonds is 2. The largest absolute Gasteiger partial charge is 0.354 e. The Balaban J connectivity index is 2.34. The van der Waals surface area contributed by atoms with Crippen molar-refractivity contribution in [2.75, 3.05) is 26.2 Å². The molecule has 1 fully saturated rings. The smallest absolute Gasteiger partial charge is 0.234 e. The third-order valence-electron chi connectivity index (χ3n) is 1.56. The monoisotopic (exact) mass is 156 g/mol. The van der Waals surface area contributed by atoms with Crippen molar-refractivity contribution < 1.29 is 9.59 Å². The molecule has 0 aliphatic carbocycles. The van der Waals surface area contributed by atoms with E-state index in [9.17, 15) is 9.59 Å². The minimum absolute atomic E-state index is 0.0116. The maximum atomic E-state index is 10.8. The lowest BCUT2D eigenvalue weighted by Gasteiger charge is -2.24. The molecule has 62 valence electrons. The molecule has 0 radical (unpaired) electrons. The molecule has 1 amide bonds. The molecule has 1 rings (SSSR count). The zero-order chi connectivity index (χ0) is 8.27. The third-order valence-corrected chi connectivity index (χ3v) is 1.56. The molecule has 4 heteroatoms. The van der Waals surface area contributed by atoms with E-state index in [0.29, 0.717) is 19.6 Å². The summed E-state index contributed by atoms with van der Waals surface area (Å²) in [5, 5.41) is 2.69. The number of carbonyl (C=O) groups excluding carboxylic acids is 2. The molecule has 0 atom stereocenters. The van der Waals surface area contributed by atoms with Crippen molar-refractivity contribution in [1.29, 1.82) is 0 Å². The number of amides is 1. The number of carbonyl (C=O) groups is 2. The number of Topliss-reactive ketones (excluding diaryl/α,β-unsaturated/α-hetero) is 1. The molecule has 0 bridgehead atoms. The van der Waals surface area contributed by atoms with Gasteiger partial charge in [-0.1, -0.05) is 0 Å². The summed E-state index contributed by atoms with van der Waals surface area (Å²) in [4.78, 5) is 23.3. The van der Waals surface area contributed by atoms with E-state index in [4.69, 9.17) is 0 Å². The fourth-order valence-corrected chi connectivity index (χ4v) is 1.14. The predicted molar refractivity (Wildman–Crippen MR) is 40.1 cm³/mol. The Bertz CT molecular complexity index is 177. The summed E-state index contributed by atoms with van der Waals surface area (Å²) >= 11 is 0. The molecule has 1 aliphatic heterocycles. The Morgan fingerprint density at radius 1 is 1.73 bits per heavy atom. The number of hydrogen-bond acceptors (Lipinski definition) is 3. The molecular formula is C7H12N2O2. The van der Waals surface area contributed by atoms with Gasteiger partial charge in [0.25, 0.3) is 0 Å². The lowest BCUT2D eigenvalue weighted by Crippen LogP contribution is -2.48. The molecule has 0 unspecified atom stereocenters. The van der Waals surface area contributed by atoms with Gasteiger partial charge < -0.3 is 5.32 Å². The third kappa shape index (κ3) is 2.67. The summed E-state index contributed by atoms with van der Waals surface area (Å²) in [6.45, 7) is 3.73. The fraction of sp³-hybridized carbons (Fsp3) is 0.714. The molecule has 4 nitrogen and oxygen atoms in total. The van der Waals surface area contributed by atoms with Crippen LogP contribution in [-0.2, 0) is 9.59 Å². The van der Waals surface area contributed by atoms with Crippen LogP contribution in [0.5, 0.6) is 0 Å². The highest BCUT2D eigenvalue weighted by Gasteiger charge is 2.16. The van der Waals surface area contributed by atoms with Crippen LogP contribution in [-0.4, -0.2) is 42.8 Å². The number of ketones is 1. The lowest BCUT2D eigenvalue weighted by atomic mass is 10.3. The van der Waals surface area contributed by atoms with E-state index in [0.717, 1.165) is 6.54 Å². The summed E-state index contributed by atoms with van der Waals surface area (Å²) in [6, 6.07) is 0. The van der Waals surface area contributed by atoms with Gasteiger partial charge >= 0.3 is 0 Å². The van der Waals surface area contributed by atoms with Gasteiger partial charge in [0, 0.05) is 13.1 Å². The van der Waals surface area contributed by atoms with E-state index in [1.54, 1.807) is 0 Å². The van der Waals surface area contributed by atoms with Crippen LogP contribution in [0.25, 0.3) is 0 Å². The molecule has 1 saturated heterocycles. The first kappa shape index (κ1) is 8.20. The zero-order valence-corrected chi connectivity index (χ0v) is 6.59. The normalized spacial score (nSPS) is 19.5. The summed E-state index contributed by atoms with van der Waals surface area (Å²) in [5.41, 5.74) is 0. The van der Waals surface area contributed by atoms with Crippen molar-refractivity contribution in [3.05, 3.63) is 0 Å². The Morgan fingerprint density at radius 2 is 2.45 bits per heavy atom. The topological polar surface area (TPSA) is 49.4 Å². The van der Waals surface area contributed by atoms with Crippen LogP contribution >= 0.6 is 0 Å². The molecule has 1 heterocycles. The molecule has 0 saturated carbocycles. The molecule has 0 aromatic heterocycles. The zero-order valence-electron chi connectivity index (χ0n) is 6.59. The maximum absolute atomic E-state index is 10.8. The van der Waals surface area contributed by atoms with Gasteiger partial charge in [-0.15, -0.1) is 0 Å². The summed E-state index contributed by atoms with van der Waals surface area (Å²) in [5.74, 6) is 0.122. The molecule has 1 N–H and O–H groups in total. The van der Waals surface area contributed by atoms with Gasteiger partial charge in [-0.25, -0.2) is 0 Å². The summed E-state index contributed by atoms with van der Waals surface area (Å²) in [7, 11) is 0. The van der Waals surface area contributed by atoms with Crippen LogP contribution < -0.4 is 5.32 Å². The van der Waals surface area contributed by atoms with Crippen molar-refractivity contribution in [3.63, 3.8) is 0 Å². The standard InChI is InChI=1S/C7H12N2O2/c1-6(10)4-9-3-2-8-7(11)5-9/h2-5H2,1H3,(H,8,11). The van der Waals surface area contributed by atoms with Gasteiger partial charge in [-0.2, -0.15) is 0 Å². The van der Waals surface area contributed by atoms with E-state index < -0.39 is 0 Å². The van der Waals surface area contributed by atoms with E-state index in [1.165, 1.54) is 6.92 Å². The first-order valence-corrected chi connectivity index (χ1v) is 3.67. The number of nitrogens with zero attached hydrogens (tertiary/aromatic N) is 1. The Kier molecular flexibility index (Phi) is 2.59. The van der Waals surface area contributed by atoms with E-state index in [-0.39, 0.29) is 11.7 Å². The highest BCUT2D eigenvalue weighted by molar-refractivity contribution is 5.81. The van der Waals surface area contributed by atoms with Gasteiger partial charge in [-0.05, 0) is 6.92 Å². The van der Waals surface area contributed by atoms with Crippen LogP contribution in [0.2, 0.25) is 0 Å².